The Hall–Kier alpha value is -4.06. The molecule has 0 aliphatic heterocycles. The van der Waals surface area contributed by atoms with E-state index < -0.39 is 21.4 Å². The fourth-order valence-electron chi connectivity index (χ4n) is 2.90. The van der Waals surface area contributed by atoms with Gasteiger partial charge in [-0.05, 0) is 6.07 Å². The summed E-state index contributed by atoms with van der Waals surface area (Å²) in [4.78, 5) is 38.5. The van der Waals surface area contributed by atoms with E-state index in [1.165, 1.54) is 32.4 Å². The Morgan fingerprint density at radius 3 is 2.42 bits per heavy atom. The SMILES string of the molecule is C=CCn1c(=NC(=O)c2cc(OC)c(OC)cc2[N+](=O)[O-])sc2cc([N+](=O)[O-])ccc21. The van der Waals surface area contributed by atoms with Gasteiger partial charge in [0.2, 0.25) is 0 Å². The summed E-state index contributed by atoms with van der Waals surface area (Å²) < 4.78 is 12.4. The van der Waals surface area contributed by atoms with Crippen LogP contribution >= 0.6 is 11.3 Å². The van der Waals surface area contributed by atoms with Crippen LogP contribution in [0.25, 0.3) is 10.2 Å². The molecule has 0 bridgehead atoms. The first-order valence-corrected chi connectivity index (χ1v) is 9.50. The number of fused-ring (bicyclic) bond motifs is 1. The highest BCUT2D eigenvalue weighted by atomic mass is 32.1. The number of methoxy groups -OCH3 is 2. The molecule has 0 unspecified atom stereocenters. The molecule has 12 heteroatoms. The number of nitro groups is 2. The summed E-state index contributed by atoms with van der Waals surface area (Å²) in [6.45, 7) is 3.95. The molecule has 0 aliphatic rings. The van der Waals surface area contributed by atoms with Crippen molar-refractivity contribution in [1.29, 1.82) is 0 Å². The van der Waals surface area contributed by atoms with Crippen molar-refractivity contribution in [1.82, 2.24) is 4.57 Å². The molecule has 11 nitrogen and oxygen atoms in total. The van der Waals surface area contributed by atoms with Gasteiger partial charge in [0.25, 0.3) is 17.3 Å². The number of ether oxygens (including phenoxy) is 2. The Labute approximate surface area is 178 Å². The van der Waals surface area contributed by atoms with Crippen molar-refractivity contribution in [2.24, 2.45) is 4.99 Å². The maximum Gasteiger partial charge on any atom is 0.286 e. The van der Waals surface area contributed by atoms with Crippen molar-refractivity contribution < 1.29 is 24.1 Å². The van der Waals surface area contributed by atoms with E-state index in [9.17, 15) is 25.0 Å². The maximum absolute atomic E-state index is 12.9. The standard InChI is InChI=1S/C19H16N4O7S/c1-4-7-21-13-6-5-11(22(25)26)8-17(13)31-19(21)20-18(24)12-9-15(29-2)16(30-3)10-14(12)23(27)28/h4-6,8-10H,1,7H2,2-3H3. The van der Waals surface area contributed by atoms with Gasteiger partial charge in [0, 0.05) is 24.7 Å². The number of nitro benzene ring substituents is 2. The average Bonchev–Trinajstić information content (AvgIpc) is 3.08. The molecule has 0 atom stereocenters. The normalized spacial score (nSPS) is 11.4. The first-order chi connectivity index (χ1) is 14.8. The van der Waals surface area contributed by atoms with Crippen molar-refractivity contribution in [3.63, 3.8) is 0 Å². The highest BCUT2D eigenvalue weighted by Gasteiger charge is 2.25. The number of non-ortho nitro benzene ring substituents is 1. The van der Waals surface area contributed by atoms with Gasteiger partial charge in [-0.1, -0.05) is 17.4 Å². The summed E-state index contributed by atoms with van der Waals surface area (Å²) in [5, 5.41) is 22.6. The van der Waals surface area contributed by atoms with Crippen LogP contribution in [0.5, 0.6) is 11.5 Å². The zero-order valence-corrected chi connectivity index (χ0v) is 17.2. The van der Waals surface area contributed by atoms with E-state index in [0.717, 1.165) is 17.4 Å². The number of hydrogen-bond donors (Lipinski definition) is 0. The van der Waals surface area contributed by atoms with Crippen molar-refractivity contribution in [3.8, 4) is 11.5 Å². The first kappa shape index (κ1) is 21.6. The largest absolute Gasteiger partial charge is 0.493 e. The molecule has 0 saturated heterocycles. The molecule has 0 saturated carbocycles. The minimum Gasteiger partial charge on any atom is -0.493 e. The number of carbonyl (C=O) groups excluding carboxylic acids is 1. The highest BCUT2D eigenvalue weighted by molar-refractivity contribution is 7.16. The molecule has 0 fully saturated rings. The second-order valence-electron chi connectivity index (χ2n) is 6.09. The van der Waals surface area contributed by atoms with Gasteiger partial charge in [0.1, 0.15) is 5.56 Å². The van der Waals surface area contributed by atoms with Gasteiger partial charge in [-0.3, -0.25) is 25.0 Å². The third-order valence-electron chi connectivity index (χ3n) is 4.31. The summed E-state index contributed by atoms with van der Waals surface area (Å²) in [6, 6.07) is 6.56. The fourth-order valence-corrected chi connectivity index (χ4v) is 3.97. The van der Waals surface area contributed by atoms with E-state index in [4.69, 9.17) is 9.47 Å². The highest BCUT2D eigenvalue weighted by Crippen LogP contribution is 2.35. The van der Waals surface area contributed by atoms with Gasteiger partial charge in [-0.15, -0.1) is 6.58 Å². The lowest BCUT2D eigenvalue weighted by Crippen LogP contribution is -2.16. The van der Waals surface area contributed by atoms with Crippen LogP contribution in [0.15, 0.2) is 48.0 Å². The lowest BCUT2D eigenvalue weighted by molar-refractivity contribution is -0.385. The summed E-state index contributed by atoms with van der Waals surface area (Å²) in [7, 11) is 2.66. The van der Waals surface area contributed by atoms with Gasteiger partial charge in [0.05, 0.1) is 40.3 Å². The monoisotopic (exact) mass is 444 g/mol. The molecule has 0 radical (unpaired) electrons. The van der Waals surface area contributed by atoms with Crippen molar-refractivity contribution >= 4 is 38.8 Å². The third-order valence-corrected chi connectivity index (χ3v) is 5.36. The van der Waals surface area contributed by atoms with Crippen LogP contribution in [0.3, 0.4) is 0 Å². The van der Waals surface area contributed by atoms with Gasteiger partial charge >= 0.3 is 0 Å². The molecule has 1 aromatic heterocycles. The maximum atomic E-state index is 12.9. The van der Waals surface area contributed by atoms with Crippen LogP contribution in [0.4, 0.5) is 11.4 Å². The topological polar surface area (TPSA) is 139 Å². The number of thiazole rings is 1. The molecular weight excluding hydrogens is 428 g/mol. The number of benzene rings is 2. The molecule has 1 amide bonds. The van der Waals surface area contributed by atoms with E-state index in [-0.39, 0.29) is 34.1 Å². The molecule has 0 N–H and O–H groups in total. The number of nitrogens with zero attached hydrogens (tertiary/aromatic N) is 4. The molecule has 3 rings (SSSR count). The molecule has 0 spiro atoms. The van der Waals surface area contributed by atoms with Crippen LogP contribution in [-0.2, 0) is 6.54 Å². The van der Waals surface area contributed by atoms with E-state index >= 15 is 0 Å². The molecule has 2 aromatic carbocycles. The number of allylic oxidation sites excluding steroid dienone is 1. The number of carbonyl (C=O) groups is 1. The number of hydrogen-bond acceptors (Lipinski definition) is 8. The first-order valence-electron chi connectivity index (χ1n) is 8.68. The summed E-state index contributed by atoms with van der Waals surface area (Å²) in [5.74, 6) is -0.634. The number of amides is 1. The zero-order chi connectivity index (χ0) is 22.7. The Kier molecular flexibility index (Phi) is 6.11. The Morgan fingerprint density at radius 1 is 1.16 bits per heavy atom. The van der Waals surface area contributed by atoms with Gasteiger partial charge < -0.3 is 14.0 Å². The average molecular weight is 444 g/mol. The van der Waals surface area contributed by atoms with Crippen molar-refractivity contribution in [2.75, 3.05) is 14.2 Å². The van der Waals surface area contributed by atoms with E-state index in [0.29, 0.717) is 10.2 Å². The fraction of sp³-hybridized carbons (Fsp3) is 0.158. The second kappa shape index (κ2) is 8.75. The predicted molar refractivity (Wildman–Crippen MR) is 113 cm³/mol. The van der Waals surface area contributed by atoms with Crippen LogP contribution in [0.1, 0.15) is 10.4 Å². The van der Waals surface area contributed by atoms with E-state index in [1.807, 2.05) is 0 Å². The van der Waals surface area contributed by atoms with E-state index in [1.54, 1.807) is 16.7 Å². The van der Waals surface area contributed by atoms with E-state index in [2.05, 4.69) is 11.6 Å². The van der Waals surface area contributed by atoms with Crippen LogP contribution in [0.2, 0.25) is 0 Å². The minimum atomic E-state index is -0.869. The van der Waals surface area contributed by atoms with Gasteiger partial charge in [0.15, 0.2) is 16.3 Å². The number of aromatic nitrogens is 1. The summed E-state index contributed by atoms with van der Waals surface area (Å²) in [5.41, 5.74) is -0.258. The molecule has 3 aromatic rings. The minimum absolute atomic E-state index is 0.0987. The van der Waals surface area contributed by atoms with Crippen LogP contribution in [0, 0.1) is 20.2 Å². The summed E-state index contributed by atoms with van der Waals surface area (Å²) in [6.07, 6.45) is 1.58. The summed E-state index contributed by atoms with van der Waals surface area (Å²) >= 11 is 1.05. The van der Waals surface area contributed by atoms with Crippen LogP contribution < -0.4 is 14.3 Å². The Balaban J connectivity index is 2.22. The lowest BCUT2D eigenvalue weighted by Gasteiger charge is -2.08. The zero-order valence-electron chi connectivity index (χ0n) is 16.4. The van der Waals surface area contributed by atoms with Gasteiger partial charge in [-0.25, -0.2) is 0 Å². The molecule has 31 heavy (non-hydrogen) atoms. The third kappa shape index (κ3) is 4.14. The van der Waals surface area contributed by atoms with Crippen LogP contribution in [-0.4, -0.2) is 34.5 Å². The molecule has 0 aliphatic carbocycles. The van der Waals surface area contributed by atoms with Crippen molar-refractivity contribution in [2.45, 2.75) is 6.54 Å². The lowest BCUT2D eigenvalue weighted by atomic mass is 10.1. The Bertz CT molecular complexity index is 1290. The molecule has 160 valence electrons. The predicted octanol–water partition coefficient (Wildman–Crippen LogP) is 3.46. The smallest absolute Gasteiger partial charge is 0.286 e. The second-order valence-corrected chi connectivity index (χ2v) is 7.10. The molecule has 1 heterocycles. The molecular formula is C19H16N4O7S. The number of rotatable bonds is 7. The Morgan fingerprint density at radius 2 is 1.84 bits per heavy atom. The van der Waals surface area contributed by atoms with Crippen molar-refractivity contribution in [3.05, 3.63) is 73.6 Å². The van der Waals surface area contributed by atoms with Gasteiger partial charge in [-0.2, -0.15) is 4.99 Å². The quantitative estimate of drug-likeness (QED) is 0.309.